The molecule has 0 radical (unpaired) electrons. The highest BCUT2D eigenvalue weighted by Crippen LogP contribution is 2.16. The maximum absolute atomic E-state index is 12.9. The first-order valence-electron chi connectivity index (χ1n) is 5.96. The first-order valence-corrected chi connectivity index (χ1v) is 5.96. The summed E-state index contributed by atoms with van der Waals surface area (Å²) >= 11 is 0. The third-order valence-electron chi connectivity index (χ3n) is 2.87. The molecule has 0 saturated carbocycles. The molecule has 5 nitrogen and oxygen atoms in total. The molecule has 0 amide bonds. The van der Waals surface area contributed by atoms with Gasteiger partial charge in [0.25, 0.3) is 5.56 Å². The minimum absolute atomic E-state index is 0.356. The SMILES string of the molecule is COC(=O)C(C)n1nc(-c2ccc(F)cc2)ccc1=O. The van der Waals surface area contributed by atoms with Gasteiger partial charge >= 0.3 is 5.97 Å². The first kappa shape index (κ1) is 13.9. The van der Waals surface area contributed by atoms with E-state index in [-0.39, 0.29) is 5.82 Å². The molecular weight excluding hydrogens is 263 g/mol. The van der Waals surface area contributed by atoms with E-state index in [1.807, 2.05) is 0 Å². The van der Waals surface area contributed by atoms with Gasteiger partial charge in [-0.05, 0) is 37.3 Å². The Morgan fingerprint density at radius 3 is 2.50 bits per heavy atom. The predicted octanol–water partition coefficient (Wildman–Crippen LogP) is 1.78. The number of benzene rings is 1. The van der Waals surface area contributed by atoms with Crippen molar-refractivity contribution in [1.82, 2.24) is 9.78 Å². The highest BCUT2D eigenvalue weighted by molar-refractivity contribution is 5.73. The summed E-state index contributed by atoms with van der Waals surface area (Å²) in [6.45, 7) is 1.52. The number of methoxy groups -OCH3 is 1. The van der Waals surface area contributed by atoms with Crippen molar-refractivity contribution in [2.45, 2.75) is 13.0 Å². The number of hydrogen-bond donors (Lipinski definition) is 0. The van der Waals surface area contributed by atoms with Crippen molar-refractivity contribution in [2.75, 3.05) is 7.11 Å². The van der Waals surface area contributed by atoms with Crippen LogP contribution in [0.5, 0.6) is 0 Å². The lowest BCUT2D eigenvalue weighted by atomic mass is 10.1. The Bertz CT molecular complexity index is 680. The largest absolute Gasteiger partial charge is 0.467 e. The van der Waals surface area contributed by atoms with Gasteiger partial charge < -0.3 is 4.74 Å². The fraction of sp³-hybridized carbons (Fsp3) is 0.214. The molecular formula is C14H13FN2O3. The van der Waals surface area contributed by atoms with Gasteiger partial charge in [-0.3, -0.25) is 4.79 Å². The van der Waals surface area contributed by atoms with E-state index in [4.69, 9.17) is 0 Å². The van der Waals surface area contributed by atoms with Gasteiger partial charge in [0.1, 0.15) is 5.82 Å². The van der Waals surface area contributed by atoms with Crippen LogP contribution in [0, 0.1) is 5.82 Å². The Morgan fingerprint density at radius 2 is 1.90 bits per heavy atom. The number of carbonyl (C=O) groups is 1. The van der Waals surface area contributed by atoms with Crippen molar-refractivity contribution >= 4 is 5.97 Å². The van der Waals surface area contributed by atoms with Crippen LogP contribution in [0.15, 0.2) is 41.2 Å². The minimum Gasteiger partial charge on any atom is -0.467 e. The summed E-state index contributed by atoms with van der Waals surface area (Å²) in [4.78, 5) is 23.2. The molecule has 1 aromatic carbocycles. The molecule has 0 fully saturated rings. The molecule has 2 aromatic rings. The van der Waals surface area contributed by atoms with Crippen molar-refractivity contribution in [2.24, 2.45) is 0 Å². The van der Waals surface area contributed by atoms with Gasteiger partial charge in [-0.15, -0.1) is 0 Å². The summed E-state index contributed by atoms with van der Waals surface area (Å²) in [5, 5.41) is 4.12. The van der Waals surface area contributed by atoms with Gasteiger partial charge in [-0.25, -0.2) is 13.9 Å². The zero-order valence-electron chi connectivity index (χ0n) is 11.0. The summed E-state index contributed by atoms with van der Waals surface area (Å²) in [5.41, 5.74) is 0.714. The van der Waals surface area contributed by atoms with E-state index in [0.29, 0.717) is 11.3 Å². The maximum Gasteiger partial charge on any atom is 0.330 e. The quantitative estimate of drug-likeness (QED) is 0.802. The molecule has 0 aliphatic heterocycles. The lowest BCUT2D eigenvalue weighted by Crippen LogP contribution is -2.30. The maximum atomic E-state index is 12.9. The second kappa shape index (κ2) is 5.64. The molecule has 20 heavy (non-hydrogen) atoms. The van der Waals surface area contributed by atoms with Crippen molar-refractivity contribution in [3.8, 4) is 11.3 Å². The highest BCUT2D eigenvalue weighted by Gasteiger charge is 2.18. The lowest BCUT2D eigenvalue weighted by Gasteiger charge is -2.12. The van der Waals surface area contributed by atoms with E-state index in [1.165, 1.54) is 38.3 Å². The third kappa shape index (κ3) is 2.74. The van der Waals surface area contributed by atoms with Crippen LogP contribution in [0.1, 0.15) is 13.0 Å². The number of ether oxygens (including phenoxy) is 1. The minimum atomic E-state index is -0.826. The summed E-state index contributed by atoms with van der Waals surface area (Å²) in [6, 6.07) is 7.71. The average Bonchev–Trinajstić information content (AvgIpc) is 2.47. The van der Waals surface area contributed by atoms with Crippen molar-refractivity contribution in [3.63, 3.8) is 0 Å². The number of aromatic nitrogens is 2. The summed E-state index contributed by atoms with van der Waals surface area (Å²) in [5.74, 6) is -0.916. The Hall–Kier alpha value is -2.50. The lowest BCUT2D eigenvalue weighted by molar-refractivity contribution is -0.144. The second-order valence-corrected chi connectivity index (χ2v) is 4.21. The van der Waals surface area contributed by atoms with Gasteiger partial charge in [-0.1, -0.05) is 0 Å². The fourth-order valence-corrected chi connectivity index (χ4v) is 1.75. The zero-order valence-corrected chi connectivity index (χ0v) is 11.0. The number of hydrogen-bond acceptors (Lipinski definition) is 4. The molecule has 0 saturated heterocycles. The summed E-state index contributed by atoms with van der Waals surface area (Å²) < 4.78 is 18.5. The summed E-state index contributed by atoms with van der Waals surface area (Å²) in [7, 11) is 1.24. The monoisotopic (exact) mass is 276 g/mol. The van der Waals surface area contributed by atoms with Crippen LogP contribution >= 0.6 is 0 Å². The van der Waals surface area contributed by atoms with Crippen LogP contribution in [0.25, 0.3) is 11.3 Å². The molecule has 1 heterocycles. The number of nitrogens with zero attached hydrogens (tertiary/aromatic N) is 2. The number of rotatable bonds is 3. The molecule has 104 valence electrons. The zero-order chi connectivity index (χ0) is 14.7. The normalized spacial score (nSPS) is 11.9. The van der Waals surface area contributed by atoms with E-state index in [2.05, 4.69) is 9.84 Å². The van der Waals surface area contributed by atoms with E-state index < -0.39 is 17.6 Å². The van der Waals surface area contributed by atoms with Crippen LogP contribution < -0.4 is 5.56 Å². The van der Waals surface area contributed by atoms with E-state index in [9.17, 15) is 14.0 Å². The molecule has 2 rings (SSSR count). The van der Waals surface area contributed by atoms with Crippen LogP contribution in [-0.4, -0.2) is 22.9 Å². The Morgan fingerprint density at radius 1 is 1.25 bits per heavy atom. The van der Waals surface area contributed by atoms with Gasteiger partial charge in [0, 0.05) is 11.6 Å². The Kier molecular flexibility index (Phi) is 3.93. The number of halogens is 1. The molecule has 1 atom stereocenters. The molecule has 0 N–H and O–H groups in total. The molecule has 0 spiro atoms. The molecule has 0 bridgehead atoms. The van der Waals surface area contributed by atoms with Crippen LogP contribution in [0.3, 0.4) is 0 Å². The van der Waals surface area contributed by atoms with Crippen molar-refractivity contribution in [3.05, 3.63) is 52.6 Å². The molecule has 0 aliphatic rings. The van der Waals surface area contributed by atoms with Crippen molar-refractivity contribution in [1.29, 1.82) is 0 Å². The van der Waals surface area contributed by atoms with E-state index >= 15 is 0 Å². The summed E-state index contributed by atoms with van der Waals surface area (Å²) in [6.07, 6.45) is 0. The standard InChI is InChI=1S/C14H13FN2O3/c1-9(14(19)20-2)17-13(18)8-7-12(16-17)10-3-5-11(15)6-4-10/h3-9H,1-2H3. The van der Waals surface area contributed by atoms with Gasteiger partial charge in [0.2, 0.25) is 0 Å². The second-order valence-electron chi connectivity index (χ2n) is 4.21. The van der Waals surface area contributed by atoms with Crippen LogP contribution in [0.2, 0.25) is 0 Å². The van der Waals surface area contributed by atoms with E-state index in [1.54, 1.807) is 12.1 Å². The average molecular weight is 276 g/mol. The third-order valence-corrected chi connectivity index (χ3v) is 2.87. The Labute approximate surface area is 114 Å². The van der Waals surface area contributed by atoms with Gasteiger partial charge in [0.05, 0.1) is 12.8 Å². The predicted molar refractivity (Wildman–Crippen MR) is 70.6 cm³/mol. The van der Waals surface area contributed by atoms with Gasteiger partial charge in [-0.2, -0.15) is 5.10 Å². The molecule has 0 aliphatic carbocycles. The molecule has 1 aromatic heterocycles. The molecule has 1 unspecified atom stereocenters. The Balaban J connectivity index is 2.45. The van der Waals surface area contributed by atoms with Crippen LogP contribution in [-0.2, 0) is 9.53 Å². The molecule has 6 heteroatoms. The topological polar surface area (TPSA) is 61.2 Å². The highest BCUT2D eigenvalue weighted by atomic mass is 19.1. The van der Waals surface area contributed by atoms with Crippen molar-refractivity contribution < 1.29 is 13.9 Å². The number of carbonyl (C=O) groups excluding carboxylic acids is 1. The number of esters is 1. The first-order chi connectivity index (χ1) is 9.52. The smallest absolute Gasteiger partial charge is 0.330 e. The fourth-order valence-electron chi connectivity index (χ4n) is 1.75. The van der Waals surface area contributed by atoms with Gasteiger partial charge in [0.15, 0.2) is 6.04 Å². The van der Waals surface area contributed by atoms with Crippen LogP contribution in [0.4, 0.5) is 4.39 Å². The van der Waals surface area contributed by atoms with E-state index in [0.717, 1.165) is 4.68 Å².